The van der Waals surface area contributed by atoms with E-state index in [4.69, 9.17) is 8.85 Å². The van der Waals surface area contributed by atoms with E-state index in [9.17, 15) is 19.3 Å². The molecule has 1 fully saturated rings. The first-order valence-corrected chi connectivity index (χ1v) is 10.1. The highest BCUT2D eigenvalue weighted by Crippen LogP contribution is 2.44. The van der Waals surface area contributed by atoms with Crippen LogP contribution in [-0.4, -0.2) is 33.2 Å². The highest BCUT2D eigenvalue weighted by Gasteiger charge is 2.46. The van der Waals surface area contributed by atoms with Gasteiger partial charge >= 0.3 is 0 Å². The van der Waals surface area contributed by atoms with E-state index in [0.29, 0.717) is 24.0 Å². The lowest BCUT2D eigenvalue weighted by Crippen LogP contribution is -2.32. The molecule has 0 radical (unpaired) electrons. The molecule has 1 aromatic carbocycles. The number of halogens is 1. The molecule has 0 saturated heterocycles. The third-order valence-electron chi connectivity index (χ3n) is 6.00. The number of nitrogens with zero attached hydrogens (tertiary/aromatic N) is 4. The zero-order chi connectivity index (χ0) is 25.7. The fourth-order valence-corrected chi connectivity index (χ4v) is 4.00. The van der Waals surface area contributed by atoms with Crippen LogP contribution in [0.15, 0.2) is 29.2 Å². The summed E-state index contributed by atoms with van der Waals surface area (Å²) in [5.41, 5.74) is -0.766. The smallest absolute Gasteiger partial charge is 0.295 e. The molecule has 0 spiro atoms. The number of rotatable bonds is 7. The summed E-state index contributed by atoms with van der Waals surface area (Å²) in [5, 5.41) is 14.8. The molecular formula is C22H24FN5O4. The summed E-state index contributed by atoms with van der Waals surface area (Å²) >= 11 is 0. The average Bonchev–Trinajstić information content (AvgIpc) is 3.56. The van der Waals surface area contributed by atoms with Crippen molar-refractivity contribution in [2.24, 2.45) is 0 Å². The molecule has 1 aliphatic rings. The average molecular weight is 444 g/mol. The van der Waals surface area contributed by atoms with Crippen LogP contribution >= 0.6 is 0 Å². The van der Waals surface area contributed by atoms with E-state index in [2.05, 4.69) is 15.3 Å². The number of methoxy groups -OCH3 is 1. The van der Waals surface area contributed by atoms with Gasteiger partial charge in [-0.2, -0.15) is 0 Å². The van der Waals surface area contributed by atoms with Gasteiger partial charge in [0, 0.05) is 17.8 Å². The number of hydrogen-bond donors (Lipinski definition) is 1. The van der Waals surface area contributed by atoms with Crippen molar-refractivity contribution in [2.45, 2.75) is 45.2 Å². The lowest BCUT2D eigenvalue weighted by atomic mass is 10.0. The van der Waals surface area contributed by atoms with Gasteiger partial charge in [-0.3, -0.25) is 14.9 Å². The minimum Gasteiger partial charge on any atom is -0.490 e. The first kappa shape index (κ1) is 18.1. The fourth-order valence-electron chi connectivity index (χ4n) is 4.00. The van der Waals surface area contributed by atoms with Gasteiger partial charge in [0.1, 0.15) is 23.8 Å². The quantitative estimate of drug-likeness (QED) is 0.434. The first-order valence-electron chi connectivity index (χ1n) is 11.6. The monoisotopic (exact) mass is 444 g/mol. The molecule has 2 heterocycles. The zero-order valence-electron chi connectivity index (χ0n) is 20.8. The molecule has 9 nitrogen and oxygen atoms in total. The normalized spacial score (nSPS) is 17.2. The van der Waals surface area contributed by atoms with Gasteiger partial charge in [-0.1, -0.05) is 12.1 Å². The number of aryl methyl sites for hydroxylation is 1. The molecule has 2 aromatic heterocycles. The van der Waals surface area contributed by atoms with Crippen LogP contribution in [0.2, 0.25) is 0 Å². The summed E-state index contributed by atoms with van der Waals surface area (Å²) < 4.78 is 42.7. The van der Waals surface area contributed by atoms with Crippen molar-refractivity contribution < 1.29 is 18.2 Å². The summed E-state index contributed by atoms with van der Waals surface area (Å²) in [4.78, 5) is 32.8. The van der Waals surface area contributed by atoms with Crippen molar-refractivity contribution in [1.82, 2.24) is 14.5 Å². The van der Waals surface area contributed by atoms with Crippen molar-refractivity contribution in [3.63, 3.8) is 0 Å². The van der Waals surface area contributed by atoms with E-state index in [1.807, 2.05) is 0 Å². The second-order valence-corrected chi connectivity index (χ2v) is 8.09. The number of alkyl halides is 1. The predicted molar refractivity (Wildman–Crippen MR) is 118 cm³/mol. The number of ether oxygens (including phenoxy) is 1. The summed E-state index contributed by atoms with van der Waals surface area (Å²) in [5.74, 6) is -0.0122. The van der Waals surface area contributed by atoms with Crippen LogP contribution in [0.25, 0.3) is 10.9 Å². The second kappa shape index (κ2) is 7.85. The Kier molecular flexibility index (Phi) is 4.43. The Morgan fingerprint density at radius 3 is 2.78 bits per heavy atom. The standard InChI is InChI=1S/C22H24FN5O4/c1-12-15(6-5-7-17(12)28(30)31)13(2)24-20-16-10-27(22(11-23)8-9-22)21(29)19(32-4)18(16)25-14(3)26-20/h5-7,10,13H,8-9,11H2,1-4H3,(H,24,25,26)/t13-/m1/s1/i4D3. The van der Waals surface area contributed by atoms with Gasteiger partial charge in [-0.15, -0.1) is 0 Å². The summed E-state index contributed by atoms with van der Waals surface area (Å²) in [6.45, 7) is 4.20. The molecule has 4 rings (SSSR count). The number of nitro benzene ring substituents is 1. The Hall–Kier alpha value is -3.56. The first-order chi connectivity index (χ1) is 16.4. The Balaban J connectivity index is 1.90. The molecule has 1 aliphatic carbocycles. The molecule has 1 saturated carbocycles. The van der Waals surface area contributed by atoms with E-state index < -0.39 is 41.5 Å². The fraction of sp³-hybridized carbons (Fsp3) is 0.409. The van der Waals surface area contributed by atoms with Gasteiger partial charge in [0.15, 0.2) is 0 Å². The van der Waals surface area contributed by atoms with Crippen LogP contribution in [0.1, 0.15) is 46.9 Å². The van der Waals surface area contributed by atoms with Gasteiger partial charge < -0.3 is 14.6 Å². The van der Waals surface area contributed by atoms with E-state index in [1.54, 1.807) is 32.9 Å². The molecule has 32 heavy (non-hydrogen) atoms. The van der Waals surface area contributed by atoms with E-state index >= 15 is 0 Å². The van der Waals surface area contributed by atoms with Crippen LogP contribution in [-0.2, 0) is 5.54 Å². The van der Waals surface area contributed by atoms with Gasteiger partial charge in [0.2, 0.25) is 5.75 Å². The van der Waals surface area contributed by atoms with Crippen molar-refractivity contribution in [2.75, 3.05) is 19.0 Å². The van der Waals surface area contributed by atoms with E-state index in [-0.39, 0.29) is 28.2 Å². The second-order valence-electron chi connectivity index (χ2n) is 8.09. The summed E-state index contributed by atoms with van der Waals surface area (Å²) in [6.07, 6.45) is 2.26. The minimum absolute atomic E-state index is 0.0185. The Morgan fingerprint density at radius 2 is 2.16 bits per heavy atom. The van der Waals surface area contributed by atoms with Crippen molar-refractivity contribution in [3.8, 4) is 5.75 Å². The molecular weight excluding hydrogens is 417 g/mol. The number of fused-ring (bicyclic) bond motifs is 1. The molecule has 0 bridgehead atoms. The van der Waals surface area contributed by atoms with Gasteiger partial charge in [0.05, 0.1) is 33.0 Å². The lowest BCUT2D eigenvalue weighted by Gasteiger charge is -2.21. The Labute approximate surface area is 187 Å². The number of anilines is 1. The number of hydrogen-bond acceptors (Lipinski definition) is 7. The van der Waals surface area contributed by atoms with Crippen LogP contribution in [0.4, 0.5) is 15.9 Å². The summed E-state index contributed by atoms with van der Waals surface area (Å²) in [7, 11) is -2.93. The number of benzene rings is 1. The molecule has 168 valence electrons. The third-order valence-corrected chi connectivity index (χ3v) is 6.00. The maximum Gasteiger partial charge on any atom is 0.295 e. The largest absolute Gasteiger partial charge is 0.490 e. The van der Waals surface area contributed by atoms with Crippen molar-refractivity contribution in [1.29, 1.82) is 0 Å². The Bertz CT molecular complexity index is 1390. The Morgan fingerprint density at radius 1 is 1.41 bits per heavy atom. The SMILES string of the molecule is [2H]C([2H])([2H])Oc1c(=O)n(C2(CF)CC2)cc2c(N[C@H](C)c3cccc([N+](=O)[O-])c3C)nc(C)nc12. The van der Waals surface area contributed by atoms with Crippen LogP contribution in [0.3, 0.4) is 0 Å². The van der Waals surface area contributed by atoms with E-state index in [0.717, 1.165) is 0 Å². The number of nitro groups is 1. The van der Waals surface area contributed by atoms with Crippen molar-refractivity contribution >= 4 is 22.4 Å². The topological polar surface area (TPSA) is 112 Å². The highest BCUT2D eigenvalue weighted by atomic mass is 19.1. The molecule has 3 aromatic rings. The molecule has 0 aliphatic heterocycles. The van der Waals surface area contributed by atoms with Gasteiger partial charge in [-0.25, -0.2) is 14.4 Å². The maximum absolute atomic E-state index is 13.9. The van der Waals surface area contributed by atoms with Crippen molar-refractivity contribution in [3.05, 3.63) is 61.8 Å². The van der Waals surface area contributed by atoms with E-state index in [1.165, 1.54) is 16.8 Å². The number of nitrogens with one attached hydrogen (secondary N) is 1. The molecule has 0 unspecified atom stereocenters. The molecule has 10 heteroatoms. The summed E-state index contributed by atoms with van der Waals surface area (Å²) in [6, 6.07) is 4.28. The number of aromatic nitrogens is 3. The molecule has 1 atom stereocenters. The minimum atomic E-state index is -2.93. The third kappa shape index (κ3) is 3.45. The van der Waals surface area contributed by atoms with Gasteiger partial charge in [-0.05, 0) is 39.2 Å². The van der Waals surface area contributed by atoms with Gasteiger partial charge in [0.25, 0.3) is 11.2 Å². The van der Waals surface area contributed by atoms with Crippen LogP contribution in [0.5, 0.6) is 5.75 Å². The van der Waals surface area contributed by atoms with Crippen LogP contribution in [0, 0.1) is 24.0 Å². The number of pyridine rings is 1. The molecule has 1 N–H and O–H groups in total. The predicted octanol–water partition coefficient (Wildman–Crippen LogP) is 3.96. The highest BCUT2D eigenvalue weighted by molar-refractivity contribution is 5.92. The maximum atomic E-state index is 13.9. The molecule has 0 amide bonds. The van der Waals surface area contributed by atoms with Crippen LogP contribution < -0.4 is 15.6 Å². The zero-order valence-corrected chi connectivity index (χ0v) is 17.8. The lowest BCUT2D eigenvalue weighted by molar-refractivity contribution is -0.385.